The molecule has 0 saturated carbocycles. The fraction of sp³-hybridized carbons (Fsp3) is 0.100. The van der Waals surface area contributed by atoms with E-state index in [4.69, 9.17) is 16.6 Å². The van der Waals surface area contributed by atoms with Crippen molar-refractivity contribution in [2.24, 2.45) is 0 Å². The van der Waals surface area contributed by atoms with Gasteiger partial charge < -0.3 is 19.9 Å². The molecule has 0 fully saturated rings. The van der Waals surface area contributed by atoms with Gasteiger partial charge in [-0.3, -0.25) is 10.1 Å². The summed E-state index contributed by atoms with van der Waals surface area (Å²) in [5.74, 6) is 0.134. The van der Waals surface area contributed by atoms with Crippen molar-refractivity contribution in [3.8, 4) is 0 Å². The van der Waals surface area contributed by atoms with E-state index in [1.807, 2.05) is 0 Å². The number of aromatic nitrogens is 1. The lowest BCUT2D eigenvalue weighted by atomic mass is 10.1. The number of hydrogen-bond donors (Lipinski definition) is 2. The molecule has 0 aliphatic rings. The van der Waals surface area contributed by atoms with Gasteiger partial charge in [-0.1, -0.05) is 24.4 Å². The highest BCUT2D eigenvalue weighted by Gasteiger charge is 2.20. The minimum Gasteiger partial charge on any atom is -0.867 e. The Hall–Kier alpha value is -3.56. The van der Waals surface area contributed by atoms with E-state index >= 15 is 0 Å². The van der Waals surface area contributed by atoms with Gasteiger partial charge in [0.1, 0.15) is 5.76 Å². The molecule has 29 heavy (non-hydrogen) atoms. The van der Waals surface area contributed by atoms with E-state index < -0.39 is 10.7 Å². The maximum atomic E-state index is 13.2. The Morgan fingerprint density at radius 2 is 2.07 bits per heavy atom. The summed E-state index contributed by atoms with van der Waals surface area (Å²) in [7, 11) is 0. The minimum atomic E-state index is -0.566. The van der Waals surface area contributed by atoms with Crippen LogP contribution in [0.2, 0.25) is 0 Å². The normalized spacial score (nSPS) is 11.6. The first-order valence-electron chi connectivity index (χ1n) is 8.57. The average Bonchev–Trinajstić information content (AvgIpc) is 3.26. The molecule has 0 aliphatic heterocycles. The average molecular weight is 411 g/mol. The second-order valence-corrected chi connectivity index (χ2v) is 6.43. The second-order valence-electron chi connectivity index (χ2n) is 6.02. The van der Waals surface area contributed by atoms with Gasteiger partial charge in [0, 0.05) is 23.8 Å². The summed E-state index contributed by atoms with van der Waals surface area (Å²) in [4.78, 5) is 10.6. The Balaban J connectivity index is 2.05. The molecule has 0 aliphatic carbocycles. The van der Waals surface area contributed by atoms with Crippen molar-refractivity contribution in [3.05, 3.63) is 94.2 Å². The van der Waals surface area contributed by atoms with E-state index in [1.54, 1.807) is 36.7 Å². The number of benzene rings is 1. The largest absolute Gasteiger partial charge is 0.867 e. The first kappa shape index (κ1) is 20.2. The summed E-state index contributed by atoms with van der Waals surface area (Å²) in [6.07, 6.45) is 4.72. The van der Waals surface area contributed by atoms with Gasteiger partial charge in [-0.15, -0.1) is 0 Å². The molecule has 2 aromatic heterocycles. The Kier molecular flexibility index (Phi) is 6.32. The lowest BCUT2D eigenvalue weighted by Crippen LogP contribution is -2.42. The van der Waals surface area contributed by atoms with Crippen LogP contribution in [0.15, 0.2) is 71.6 Å². The number of thiocarbonyl (C=S) groups is 1. The summed E-state index contributed by atoms with van der Waals surface area (Å²) in [6, 6.07) is 12.3. The zero-order valence-corrected chi connectivity index (χ0v) is 16.0. The summed E-state index contributed by atoms with van der Waals surface area (Å²) in [5.41, 5.74) is 0.602. The van der Waals surface area contributed by atoms with Gasteiger partial charge in [-0.2, -0.15) is 4.57 Å². The second kappa shape index (κ2) is 9.09. The number of non-ortho nitro benzene ring substituents is 1. The quantitative estimate of drug-likeness (QED) is 0.152. The standard InChI is InChI=1S/C20H17N3O5S/c24-13-14-4-2-8-22(12-14)18(20(29)21-11-17-7-3-9-28-17)19(25)15-5-1-6-16(10-15)23(26)27/h1-10,12,24H,11,13H2,(H-,21,25,29). The van der Waals surface area contributed by atoms with Crippen molar-refractivity contribution < 1.29 is 24.1 Å². The molecule has 2 heterocycles. The molecule has 8 nitrogen and oxygen atoms in total. The molecule has 0 bridgehead atoms. The number of rotatable bonds is 7. The third kappa shape index (κ3) is 4.84. The SMILES string of the molecule is O=[N+]([O-])c1cccc(/C([O-])=C(/C(=S)NCc2ccco2)[n+]2cccc(CO)c2)c1. The van der Waals surface area contributed by atoms with Crippen molar-refractivity contribution in [1.29, 1.82) is 0 Å². The molecule has 0 radical (unpaired) electrons. The molecule has 3 rings (SSSR count). The van der Waals surface area contributed by atoms with Gasteiger partial charge in [-0.05, 0) is 29.5 Å². The molecular weight excluding hydrogens is 394 g/mol. The molecule has 0 atom stereocenters. The third-order valence-electron chi connectivity index (χ3n) is 4.06. The van der Waals surface area contributed by atoms with E-state index in [0.717, 1.165) is 0 Å². The van der Waals surface area contributed by atoms with Gasteiger partial charge in [-0.25, -0.2) is 0 Å². The molecule has 148 valence electrons. The van der Waals surface area contributed by atoms with Crippen LogP contribution in [0.25, 0.3) is 11.5 Å². The van der Waals surface area contributed by atoms with Crippen molar-refractivity contribution in [2.45, 2.75) is 13.2 Å². The Bertz CT molecular complexity index is 1060. The number of nitrogens with zero attached hydrogens (tertiary/aromatic N) is 2. The maximum absolute atomic E-state index is 13.2. The van der Waals surface area contributed by atoms with E-state index in [1.165, 1.54) is 35.1 Å². The first-order chi connectivity index (χ1) is 14.0. The number of hydrogen-bond acceptors (Lipinski definition) is 6. The van der Waals surface area contributed by atoms with Gasteiger partial charge >= 0.3 is 0 Å². The summed E-state index contributed by atoms with van der Waals surface area (Å²) >= 11 is 5.44. The first-order valence-corrected chi connectivity index (χ1v) is 8.98. The number of aliphatic hydroxyl groups is 1. The van der Waals surface area contributed by atoms with E-state index in [-0.39, 0.29) is 35.1 Å². The van der Waals surface area contributed by atoms with Crippen LogP contribution in [-0.2, 0) is 13.2 Å². The smallest absolute Gasteiger partial charge is 0.270 e. The Labute approximate surface area is 171 Å². The van der Waals surface area contributed by atoms with E-state index in [0.29, 0.717) is 11.3 Å². The molecule has 0 amide bonds. The number of furan rings is 1. The molecule has 1 aromatic carbocycles. The van der Waals surface area contributed by atoms with Crippen LogP contribution in [0.3, 0.4) is 0 Å². The molecule has 0 unspecified atom stereocenters. The number of nitro groups is 1. The predicted molar refractivity (Wildman–Crippen MR) is 107 cm³/mol. The maximum Gasteiger partial charge on any atom is 0.270 e. The minimum absolute atomic E-state index is 0.0994. The van der Waals surface area contributed by atoms with Crippen LogP contribution in [0.4, 0.5) is 5.69 Å². The number of aliphatic hydroxyl groups excluding tert-OH is 1. The van der Waals surface area contributed by atoms with Gasteiger partial charge in [0.15, 0.2) is 17.4 Å². The summed E-state index contributed by atoms with van der Waals surface area (Å²) < 4.78 is 6.75. The highest BCUT2D eigenvalue weighted by molar-refractivity contribution is 7.81. The number of nitro benzene ring substituents is 1. The van der Waals surface area contributed by atoms with E-state index in [9.17, 15) is 20.3 Å². The molecule has 9 heteroatoms. The molecule has 3 aromatic rings. The summed E-state index contributed by atoms with van der Waals surface area (Å²) in [5, 5.41) is 36.7. The number of nitrogens with one attached hydrogen (secondary N) is 1. The van der Waals surface area contributed by atoms with Gasteiger partial charge in [0.2, 0.25) is 5.70 Å². The van der Waals surface area contributed by atoms with Crippen molar-refractivity contribution in [1.82, 2.24) is 5.32 Å². The van der Waals surface area contributed by atoms with Crippen LogP contribution < -0.4 is 15.0 Å². The highest BCUT2D eigenvalue weighted by atomic mass is 32.1. The molecule has 0 spiro atoms. The van der Waals surface area contributed by atoms with Gasteiger partial charge in [0.05, 0.1) is 24.3 Å². The van der Waals surface area contributed by atoms with Crippen molar-refractivity contribution in [2.75, 3.05) is 0 Å². The number of pyridine rings is 1. The third-order valence-corrected chi connectivity index (χ3v) is 4.39. The summed E-state index contributed by atoms with van der Waals surface area (Å²) in [6.45, 7) is 0.0451. The van der Waals surface area contributed by atoms with Crippen LogP contribution >= 0.6 is 12.2 Å². The predicted octanol–water partition coefficient (Wildman–Crippen LogP) is 1.77. The van der Waals surface area contributed by atoms with E-state index in [2.05, 4.69) is 5.32 Å². The lowest BCUT2D eigenvalue weighted by molar-refractivity contribution is -0.578. The molecule has 0 saturated heterocycles. The van der Waals surface area contributed by atoms with Crippen molar-refractivity contribution >= 4 is 34.3 Å². The lowest BCUT2D eigenvalue weighted by Gasteiger charge is -2.16. The zero-order valence-electron chi connectivity index (χ0n) is 15.1. The topological polar surface area (TPSA) is 115 Å². The molecule has 2 N–H and O–H groups in total. The zero-order chi connectivity index (χ0) is 20.8. The fourth-order valence-electron chi connectivity index (χ4n) is 2.66. The molecular formula is C20H17N3O5S. The van der Waals surface area contributed by atoms with Crippen LogP contribution in [-0.4, -0.2) is 15.0 Å². The van der Waals surface area contributed by atoms with Gasteiger partial charge in [0.25, 0.3) is 5.69 Å². The Morgan fingerprint density at radius 1 is 1.24 bits per heavy atom. The monoisotopic (exact) mass is 411 g/mol. The Morgan fingerprint density at radius 3 is 2.76 bits per heavy atom. The highest BCUT2D eigenvalue weighted by Crippen LogP contribution is 2.20. The van der Waals surface area contributed by atoms with Crippen molar-refractivity contribution in [3.63, 3.8) is 0 Å². The fourth-order valence-corrected chi connectivity index (χ4v) is 2.93. The van der Waals surface area contributed by atoms with Crippen LogP contribution in [0.1, 0.15) is 16.9 Å². The van der Waals surface area contributed by atoms with Crippen LogP contribution in [0.5, 0.6) is 0 Å². The van der Waals surface area contributed by atoms with Crippen LogP contribution in [0, 0.1) is 10.1 Å².